The van der Waals surface area contributed by atoms with E-state index in [2.05, 4.69) is 28.9 Å². The van der Waals surface area contributed by atoms with Crippen molar-refractivity contribution in [1.29, 1.82) is 0 Å². The molecule has 0 radical (unpaired) electrons. The minimum Gasteiger partial charge on any atom is -0.489 e. The molecule has 5 nitrogen and oxygen atoms in total. The van der Waals surface area contributed by atoms with Gasteiger partial charge in [0.15, 0.2) is 0 Å². The number of allylic oxidation sites excluding steroid dienone is 2. The number of carbonyl (C=O) groups excluding carboxylic acids is 1. The van der Waals surface area contributed by atoms with Crippen molar-refractivity contribution in [1.82, 2.24) is 10.2 Å². The van der Waals surface area contributed by atoms with Crippen molar-refractivity contribution >= 4 is 23.2 Å². The number of ether oxygens (including phenoxy) is 1. The molecular weight excluding hydrogens is 374 g/mol. The summed E-state index contributed by atoms with van der Waals surface area (Å²) < 4.78 is 5.60. The molecule has 1 aromatic rings. The van der Waals surface area contributed by atoms with Crippen LogP contribution in [-0.2, 0) is 0 Å². The molecule has 0 saturated carbocycles. The lowest BCUT2D eigenvalue weighted by Gasteiger charge is -2.35. The number of hydrogen-bond acceptors (Lipinski definition) is 4. The van der Waals surface area contributed by atoms with Gasteiger partial charge in [-0.15, -0.1) is 0 Å². The Balaban J connectivity index is 1.54. The van der Waals surface area contributed by atoms with E-state index in [1.54, 1.807) is 18.2 Å². The monoisotopic (exact) mass is 403 g/mol. The van der Waals surface area contributed by atoms with Crippen molar-refractivity contribution in [3.8, 4) is 5.75 Å². The molecule has 1 heterocycles. The van der Waals surface area contributed by atoms with E-state index in [9.17, 15) is 4.79 Å². The standard InChI is InChI=1S/C22H30ClN3O2/c1-2-12-28-21-14-20(24)19(23)13-18(21)22(27)25-17-8-10-26(11-9-17)15-16-6-4-3-5-7-16/h2-4,13-14,16-17H,1,5-12,15,24H2,(H,25,27)/t16-/m0/s1. The van der Waals surface area contributed by atoms with Crippen LogP contribution in [0.15, 0.2) is 36.9 Å². The summed E-state index contributed by atoms with van der Waals surface area (Å²) in [7, 11) is 0. The van der Waals surface area contributed by atoms with Gasteiger partial charge < -0.3 is 20.7 Å². The van der Waals surface area contributed by atoms with Crippen molar-refractivity contribution < 1.29 is 9.53 Å². The molecule has 0 unspecified atom stereocenters. The largest absolute Gasteiger partial charge is 0.489 e. The van der Waals surface area contributed by atoms with Crippen LogP contribution in [0.4, 0.5) is 5.69 Å². The second-order valence-corrected chi connectivity index (χ2v) is 8.08. The molecule has 1 saturated heterocycles. The lowest BCUT2D eigenvalue weighted by Crippen LogP contribution is -2.45. The van der Waals surface area contributed by atoms with Crippen LogP contribution in [0.5, 0.6) is 5.75 Å². The van der Waals surface area contributed by atoms with E-state index in [1.807, 2.05) is 0 Å². The first kappa shape index (κ1) is 20.7. The Bertz CT molecular complexity index is 727. The molecule has 2 aliphatic rings. The summed E-state index contributed by atoms with van der Waals surface area (Å²) in [5.74, 6) is 1.04. The lowest BCUT2D eigenvalue weighted by molar-refractivity contribution is 0.0901. The first-order chi connectivity index (χ1) is 13.6. The molecule has 0 spiro atoms. The molecule has 3 rings (SSSR count). The van der Waals surface area contributed by atoms with Gasteiger partial charge in [0.2, 0.25) is 0 Å². The molecule has 0 bridgehead atoms. The fraction of sp³-hybridized carbons (Fsp3) is 0.500. The van der Waals surface area contributed by atoms with E-state index in [0.717, 1.165) is 38.4 Å². The predicted octanol–water partition coefficient (Wildman–Crippen LogP) is 4.04. The van der Waals surface area contributed by atoms with Crippen LogP contribution >= 0.6 is 11.6 Å². The SMILES string of the molecule is C=CCOc1cc(N)c(Cl)cc1C(=O)NC1CCN(C[C@H]2CC=CCC2)CC1. The number of nitrogens with zero attached hydrogens (tertiary/aromatic N) is 1. The highest BCUT2D eigenvalue weighted by molar-refractivity contribution is 6.33. The number of nitrogens with one attached hydrogen (secondary N) is 1. The maximum Gasteiger partial charge on any atom is 0.255 e. The Morgan fingerprint density at radius 1 is 1.32 bits per heavy atom. The van der Waals surface area contributed by atoms with Crippen LogP contribution in [0.25, 0.3) is 0 Å². The second-order valence-electron chi connectivity index (χ2n) is 7.67. The van der Waals surface area contributed by atoms with Crippen LogP contribution in [0.3, 0.4) is 0 Å². The van der Waals surface area contributed by atoms with Crippen molar-refractivity contribution in [3.63, 3.8) is 0 Å². The molecule has 1 fully saturated rings. The molecular formula is C22H30ClN3O2. The van der Waals surface area contributed by atoms with Crippen molar-refractivity contribution in [2.45, 2.75) is 38.1 Å². The van der Waals surface area contributed by atoms with E-state index in [0.29, 0.717) is 28.6 Å². The number of nitrogen functional groups attached to an aromatic ring is 1. The summed E-state index contributed by atoms with van der Waals surface area (Å²) in [6.07, 6.45) is 11.8. The van der Waals surface area contributed by atoms with Gasteiger partial charge in [0.1, 0.15) is 12.4 Å². The average Bonchev–Trinajstić information content (AvgIpc) is 2.70. The zero-order chi connectivity index (χ0) is 19.9. The van der Waals surface area contributed by atoms with Gasteiger partial charge in [0.05, 0.1) is 16.3 Å². The Morgan fingerprint density at radius 3 is 2.79 bits per heavy atom. The van der Waals surface area contributed by atoms with E-state index in [4.69, 9.17) is 22.1 Å². The summed E-state index contributed by atoms with van der Waals surface area (Å²) in [5.41, 5.74) is 6.66. The number of anilines is 1. The number of benzene rings is 1. The summed E-state index contributed by atoms with van der Waals surface area (Å²) in [6.45, 7) is 7.15. The van der Waals surface area contributed by atoms with Gasteiger partial charge in [-0.25, -0.2) is 0 Å². The third-order valence-electron chi connectivity index (χ3n) is 5.52. The van der Waals surface area contributed by atoms with E-state index in [1.165, 1.54) is 19.3 Å². The summed E-state index contributed by atoms with van der Waals surface area (Å²) in [4.78, 5) is 15.4. The Morgan fingerprint density at radius 2 is 2.11 bits per heavy atom. The van der Waals surface area contributed by atoms with Gasteiger partial charge in [-0.1, -0.05) is 36.4 Å². The Kier molecular flexibility index (Phi) is 7.40. The number of nitrogens with two attached hydrogens (primary N) is 1. The number of carbonyl (C=O) groups is 1. The number of amides is 1. The first-order valence-corrected chi connectivity index (χ1v) is 10.5. The third-order valence-corrected chi connectivity index (χ3v) is 5.84. The van der Waals surface area contributed by atoms with Gasteiger partial charge in [-0.3, -0.25) is 4.79 Å². The minimum absolute atomic E-state index is 0.165. The summed E-state index contributed by atoms with van der Waals surface area (Å²) in [5, 5.41) is 3.49. The molecule has 1 amide bonds. The molecule has 0 aromatic heterocycles. The molecule has 28 heavy (non-hydrogen) atoms. The van der Waals surface area contributed by atoms with Gasteiger partial charge >= 0.3 is 0 Å². The van der Waals surface area contributed by atoms with Crippen molar-refractivity contribution in [2.75, 3.05) is 32.0 Å². The molecule has 1 aliphatic carbocycles. The summed E-state index contributed by atoms with van der Waals surface area (Å²) in [6, 6.07) is 3.34. The molecule has 1 atom stereocenters. The molecule has 152 valence electrons. The lowest BCUT2D eigenvalue weighted by atomic mass is 9.93. The molecule has 3 N–H and O–H groups in total. The first-order valence-electron chi connectivity index (χ1n) is 10.1. The number of likely N-dealkylation sites (tertiary alicyclic amines) is 1. The van der Waals surface area contributed by atoms with Crippen molar-refractivity contribution in [3.05, 3.63) is 47.5 Å². The zero-order valence-electron chi connectivity index (χ0n) is 16.3. The fourth-order valence-corrected chi connectivity index (χ4v) is 4.09. The van der Waals surface area contributed by atoms with Gasteiger partial charge in [0, 0.05) is 31.7 Å². The van der Waals surface area contributed by atoms with Crippen LogP contribution in [0, 0.1) is 5.92 Å². The predicted molar refractivity (Wildman–Crippen MR) is 115 cm³/mol. The second kappa shape index (κ2) is 9.99. The molecule has 1 aliphatic heterocycles. The number of rotatable bonds is 7. The number of hydrogen-bond donors (Lipinski definition) is 2. The molecule has 6 heteroatoms. The van der Waals surface area contributed by atoms with Crippen LogP contribution in [0.2, 0.25) is 5.02 Å². The number of halogens is 1. The van der Waals surface area contributed by atoms with E-state index in [-0.39, 0.29) is 11.9 Å². The van der Waals surface area contributed by atoms with Crippen molar-refractivity contribution in [2.24, 2.45) is 5.92 Å². The van der Waals surface area contributed by atoms with Gasteiger partial charge in [-0.2, -0.15) is 0 Å². The maximum absolute atomic E-state index is 12.8. The highest BCUT2D eigenvalue weighted by Crippen LogP contribution is 2.29. The minimum atomic E-state index is -0.170. The highest BCUT2D eigenvalue weighted by Gasteiger charge is 2.24. The van der Waals surface area contributed by atoms with Crippen LogP contribution < -0.4 is 15.8 Å². The molecule has 1 aromatic carbocycles. The van der Waals surface area contributed by atoms with Gasteiger partial charge in [-0.05, 0) is 44.1 Å². The third kappa shape index (κ3) is 5.52. The zero-order valence-corrected chi connectivity index (χ0v) is 17.1. The Labute approximate surface area is 172 Å². The fourth-order valence-electron chi connectivity index (χ4n) is 3.92. The van der Waals surface area contributed by atoms with Crippen LogP contribution in [-0.4, -0.2) is 43.1 Å². The van der Waals surface area contributed by atoms with E-state index >= 15 is 0 Å². The Hall–Kier alpha value is -1.98. The summed E-state index contributed by atoms with van der Waals surface area (Å²) >= 11 is 6.13. The quantitative estimate of drug-likeness (QED) is 0.532. The number of piperidine rings is 1. The average molecular weight is 404 g/mol. The van der Waals surface area contributed by atoms with E-state index < -0.39 is 0 Å². The van der Waals surface area contributed by atoms with Gasteiger partial charge in [0.25, 0.3) is 5.91 Å². The maximum atomic E-state index is 12.8. The topological polar surface area (TPSA) is 67.6 Å². The highest BCUT2D eigenvalue weighted by atomic mass is 35.5. The van der Waals surface area contributed by atoms with Crippen LogP contribution in [0.1, 0.15) is 42.5 Å². The normalized spacial score (nSPS) is 20.7. The smallest absolute Gasteiger partial charge is 0.255 e.